The lowest BCUT2D eigenvalue weighted by molar-refractivity contribution is -0.608. The summed E-state index contributed by atoms with van der Waals surface area (Å²) < 4.78 is 0.623. The highest BCUT2D eigenvalue weighted by molar-refractivity contribution is 5.91. The summed E-state index contributed by atoms with van der Waals surface area (Å²) >= 11 is 0. The van der Waals surface area contributed by atoms with E-state index in [9.17, 15) is 15.1 Å². The van der Waals surface area contributed by atoms with Crippen molar-refractivity contribution in [2.24, 2.45) is 0 Å². The summed E-state index contributed by atoms with van der Waals surface area (Å²) in [6.45, 7) is 0.625. The molecular weight excluding hydrogens is 316 g/mol. The SMILES string of the molecule is O=C(c1cccc[n+]1[O-])N1CCCCC[C@@H]1C[C@H](O)c1ccccc1. The first-order valence-corrected chi connectivity index (χ1v) is 8.89. The Morgan fingerprint density at radius 3 is 2.68 bits per heavy atom. The van der Waals surface area contributed by atoms with Crippen LogP contribution in [-0.2, 0) is 0 Å². The van der Waals surface area contributed by atoms with Gasteiger partial charge in [0, 0.05) is 24.7 Å². The number of aromatic nitrogens is 1. The maximum atomic E-state index is 12.9. The second-order valence-electron chi connectivity index (χ2n) is 6.58. The number of aliphatic hydroxyl groups excluding tert-OH is 1. The number of carbonyl (C=O) groups is 1. The number of hydrogen-bond acceptors (Lipinski definition) is 3. The number of rotatable bonds is 4. The van der Waals surface area contributed by atoms with Gasteiger partial charge in [0.2, 0.25) is 0 Å². The van der Waals surface area contributed by atoms with Crippen molar-refractivity contribution in [1.82, 2.24) is 4.90 Å². The van der Waals surface area contributed by atoms with Crippen molar-refractivity contribution < 1.29 is 14.6 Å². The molecule has 0 aliphatic carbocycles. The van der Waals surface area contributed by atoms with Gasteiger partial charge in [0.05, 0.1) is 6.10 Å². The number of nitrogens with zero attached hydrogens (tertiary/aromatic N) is 2. The maximum absolute atomic E-state index is 12.9. The Morgan fingerprint density at radius 1 is 1.16 bits per heavy atom. The molecule has 1 fully saturated rings. The number of benzene rings is 1. The molecule has 1 N–H and O–H groups in total. The van der Waals surface area contributed by atoms with Crippen LogP contribution in [0.25, 0.3) is 0 Å². The second kappa shape index (κ2) is 8.12. The van der Waals surface area contributed by atoms with E-state index in [1.54, 1.807) is 23.1 Å². The Balaban J connectivity index is 1.80. The first kappa shape index (κ1) is 17.4. The van der Waals surface area contributed by atoms with Crippen molar-refractivity contribution in [2.45, 2.75) is 44.2 Å². The molecule has 1 aromatic carbocycles. The van der Waals surface area contributed by atoms with Crippen molar-refractivity contribution in [3.63, 3.8) is 0 Å². The van der Waals surface area contributed by atoms with Gasteiger partial charge in [0.25, 0.3) is 5.69 Å². The summed E-state index contributed by atoms with van der Waals surface area (Å²) in [5.74, 6) is -0.247. The monoisotopic (exact) mass is 340 g/mol. The van der Waals surface area contributed by atoms with Crippen molar-refractivity contribution in [3.8, 4) is 0 Å². The van der Waals surface area contributed by atoms with Crippen molar-refractivity contribution >= 4 is 5.91 Å². The third-order valence-corrected chi connectivity index (χ3v) is 4.86. The van der Waals surface area contributed by atoms with E-state index in [1.807, 2.05) is 30.3 Å². The average Bonchev–Trinajstić information content (AvgIpc) is 2.88. The highest BCUT2D eigenvalue weighted by atomic mass is 16.5. The zero-order valence-corrected chi connectivity index (χ0v) is 14.3. The minimum absolute atomic E-state index is 0.0644. The van der Waals surface area contributed by atoms with Gasteiger partial charge in [-0.15, -0.1) is 0 Å². The summed E-state index contributed by atoms with van der Waals surface area (Å²) in [5, 5.41) is 22.5. The molecular formula is C20H24N2O3. The summed E-state index contributed by atoms with van der Waals surface area (Å²) in [5.41, 5.74) is 1.00. The molecule has 0 bridgehead atoms. The molecule has 1 amide bonds. The van der Waals surface area contributed by atoms with Gasteiger partial charge in [-0.1, -0.05) is 43.2 Å². The standard InChI is InChI=1S/C20H24N2O3/c23-19(16-9-3-1-4-10-16)15-17-11-5-2-7-13-21(17)20(24)18-12-6-8-14-22(18)25/h1,3-4,6,8-10,12,14,17,19,23H,2,5,7,11,13,15H2/t17-,19+/m1/s1. The van der Waals surface area contributed by atoms with Crippen LogP contribution in [0.4, 0.5) is 0 Å². The predicted octanol–water partition coefficient (Wildman–Crippen LogP) is 2.83. The third-order valence-electron chi connectivity index (χ3n) is 4.86. The smallest absolute Gasteiger partial charge is 0.320 e. The van der Waals surface area contributed by atoms with E-state index in [1.165, 1.54) is 6.20 Å². The number of hydrogen-bond donors (Lipinski definition) is 1. The normalized spacial score (nSPS) is 19.2. The summed E-state index contributed by atoms with van der Waals surface area (Å²) in [6, 6.07) is 14.3. The Morgan fingerprint density at radius 2 is 1.92 bits per heavy atom. The third kappa shape index (κ3) is 4.17. The van der Waals surface area contributed by atoms with Crippen LogP contribution in [0.1, 0.15) is 54.3 Å². The molecule has 2 atom stereocenters. The van der Waals surface area contributed by atoms with Crippen LogP contribution in [0.5, 0.6) is 0 Å². The predicted molar refractivity (Wildman–Crippen MR) is 94.7 cm³/mol. The molecule has 3 rings (SSSR count). The van der Waals surface area contributed by atoms with Gasteiger partial charge >= 0.3 is 5.91 Å². The molecule has 132 valence electrons. The summed E-state index contributed by atoms with van der Waals surface area (Å²) in [6.07, 6.45) is 5.09. The lowest BCUT2D eigenvalue weighted by Gasteiger charge is -2.31. The zero-order chi connectivity index (χ0) is 17.6. The van der Waals surface area contributed by atoms with E-state index in [0.717, 1.165) is 31.2 Å². The Hall–Kier alpha value is -2.40. The number of pyridine rings is 1. The van der Waals surface area contributed by atoms with Gasteiger partial charge in [0.1, 0.15) is 0 Å². The summed E-state index contributed by atoms with van der Waals surface area (Å²) in [4.78, 5) is 14.7. The minimum Gasteiger partial charge on any atom is -0.618 e. The molecule has 1 saturated heterocycles. The molecule has 5 heteroatoms. The van der Waals surface area contributed by atoms with E-state index >= 15 is 0 Å². The van der Waals surface area contributed by atoms with Crippen LogP contribution in [0.3, 0.4) is 0 Å². The zero-order valence-electron chi connectivity index (χ0n) is 14.3. The Labute approximate surface area is 148 Å². The number of aliphatic hydroxyl groups is 1. The van der Waals surface area contributed by atoms with Crippen LogP contribution in [0, 0.1) is 5.21 Å². The topological polar surface area (TPSA) is 67.5 Å². The second-order valence-corrected chi connectivity index (χ2v) is 6.58. The summed E-state index contributed by atoms with van der Waals surface area (Å²) in [7, 11) is 0. The van der Waals surface area contributed by atoms with Crippen LogP contribution in [-0.4, -0.2) is 28.5 Å². The first-order valence-electron chi connectivity index (χ1n) is 8.89. The molecule has 2 heterocycles. The fourth-order valence-corrected chi connectivity index (χ4v) is 3.50. The van der Waals surface area contributed by atoms with Crippen LogP contribution in [0.15, 0.2) is 54.7 Å². The van der Waals surface area contributed by atoms with Crippen LogP contribution >= 0.6 is 0 Å². The molecule has 0 spiro atoms. The van der Waals surface area contributed by atoms with Gasteiger partial charge in [0.15, 0.2) is 6.20 Å². The van der Waals surface area contributed by atoms with Gasteiger partial charge in [-0.3, -0.25) is 4.79 Å². The molecule has 2 aromatic rings. The van der Waals surface area contributed by atoms with Crippen molar-refractivity contribution in [1.29, 1.82) is 0 Å². The van der Waals surface area contributed by atoms with E-state index in [-0.39, 0.29) is 17.6 Å². The lowest BCUT2D eigenvalue weighted by Crippen LogP contribution is -2.46. The van der Waals surface area contributed by atoms with Gasteiger partial charge in [-0.25, -0.2) is 0 Å². The highest BCUT2D eigenvalue weighted by Crippen LogP contribution is 2.27. The van der Waals surface area contributed by atoms with E-state index in [4.69, 9.17) is 0 Å². The molecule has 0 saturated carbocycles. The highest BCUT2D eigenvalue weighted by Gasteiger charge is 2.31. The molecule has 1 aliphatic heterocycles. The molecule has 0 unspecified atom stereocenters. The van der Waals surface area contributed by atoms with Crippen molar-refractivity contribution in [3.05, 3.63) is 71.2 Å². The molecule has 0 radical (unpaired) electrons. The number of likely N-dealkylation sites (tertiary alicyclic amines) is 1. The molecule has 1 aromatic heterocycles. The van der Waals surface area contributed by atoms with Gasteiger partial charge in [-0.05, 0) is 30.9 Å². The van der Waals surface area contributed by atoms with Crippen molar-refractivity contribution in [2.75, 3.05) is 6.54 Å². The Kier molecular flexibility index (Phi) is 5.66. The van der Waals surface area contributed by atoms with E-state index in [0.29, 0.717) is 17.7 Å². The Bertz CT molecular complexity index is 705. The first-order chi connectivity index (χ1) is 12.2. The minimum atomic E-state index is -0.616. The number of carbonyl (C=O) groups excluding carboxylic acids is 1. The van der Waals surface area contributed by atoms with E-state index < -0.39 is 6.10 Å². The maximum Gasteiger partial charge on any atom is 0.320 e. The van der Waals surface area contributed by atoms with E-state index in [2.05, 4.69) is 0 Å². The van der Waals surface area contributed by atoms with Gasteiger partial charge < -0.3 is 15.2 Å². The van der Waals surface area contributed by atoms with Crippen LogP contribution < -0.4 is 4.73 Å². The van der Waals surface area contributed by atoms with Gasteiger partial charge in [-0.2, -0.15) is 4.73 Å². The molecule has 5 nitrogen and oxygen atoms in total. The quantitative estimate of drug-likeness (QED) is 0.687. The van der Waals surface area contributed by atoms with Crippen LogP contribution in [0.2, 0.25) is 0 Å². The molecule has 1 aliphatic rings. The average molecular weight is 340 g/mol. The molecule has 25 heavy (non-hydrogen) atoms. The largest absolute Gasteiger partial charge is 0.618 e. The lowest BCUT2D eigenvalue weighted by atomic mass is 9.98. The fraction of sp³-hybridized carbons (Fsp3) is 0.400. The fourth-order valence-electron chi connectivity index (χ4n) is 3.50. The number of amides is 1.